The van der Waals surface area contributed by atoms with Crippen LogP contribution in [0.3, 0.4) is 0 Å². The molecule has 0 amide bonds. The van der Waals surface area contributed by atoms with E-state index in [1.807, 2.05) is 0 Å². The van der Waals surface area contributed by atoms with Gasteiger partial charge in [0.25, 0.3) is 0 Å². The molecular formula is C9H18N4. The summed E-state index contributed by atoms with van der Waals surface area (Å²) < 4.78 is 0. The molecule has 0 aromatic carbocycles. The fourth-order valence-corrected chi connectivity index (χ4v) is 1.99. The molecule has 0 aliphatic carbocycles. The number of piperidine rings is 1. The predicted octanol–water partition coefficient (Wildman–Crippen LogP) is -0.371. The summed E-state index contributed by atoms with van der Waals surface area (Å²) in [6, 6.07) is 0.672. The Labute approximate surface area is 79.4 Å². The maximum Gasteiger partial charge on any atom is 0.194 e. The van der Waals surface area contributed by atoms with Gasteiger partial charge < -0.3 is 15.5 Å². The van der Waals surface area contributed by atoms with Gasteiger partial charge >= 0.3 is 0 Å². The molecule has 4 heteroatoms. The second-order valence-electron chi connectivity index (χ2n) is 3.72. The van der Waals surface area contributed by atoms with Crippen LogP contribution >= 0.6 is 0 Å². The fraction of sp³-hybridized carbons (Fsp3) is 0.889. The van der Waals surface area contributed by atoms with Crippen LogP contribution in [0, 0.1) is 0 Å². The zero-order chi connectivity index (χ0) is 9.10. The Bertz CT molecular complexity index is 196. The van der Waals surface area contributed by atoms with Crippen molar-refractivity contribution in [3.8, 4) is 0 Å². The van der Waals surface area contributed by atoms with Crippen molar-refractivity contribution in [2.24, 2.45) is 4.99 Å². The summed E-state index contributed by atoms with van der Waals surface area (Å²) in [5, 5.41) is 6.68. The van der Waals surface area contributed by atoms with Gasteiger partial charge in [0.1, 0.15) is 0 Å². The zero-order valence-electron chi connectivity index (χ0n) is 8.21. The first-order valence-electron chi connectivity index (χ1n) is 5.10. The molecule has 1 fully saturated rings. The molecule has 4 nitrogen and oxygen atoms in total. The summed E-state index contributed by atoms with van der Waals surface area (Å²) in [5.41, 5.74) is 0. The van der Waals surface area contributed by atoms with E-state index in [-0.39, 0.29) is 0 Å². The predicted molar refractivity (Wildman–Crippen MR) is 54.0 cm³/mol. The van der Waals surface area contributed by atoms with E-state index in [1.54, 1.807) is 0 Å². The van der Waals surface area contributed by atoms with Crippen LogP contribution in [-0.2, 0) is 0 Å². The van der Waals surface area contributed by atoms with Crippen molar-refractivity contribution in [2.45, 2.75) is 18.9 Å². The Morgan fingerprint density at radius 2 is 2.08 bits per heavy atom. The summed E-state index contributed by atoms with van der Waals surface area (Å²) in [5.74, 6) is 1.09. The van der Waals surface area contributed by atoms with Gasteiger partial charge in [0, 0.05) is 19.6 Å². The third kappa shape index (κ3) is 1.94. The normalized spacial score (nSPS) is 23.9. The third-order valence-electron chi connectivity index (χ3n) is 2.85. The maximum atomic E-state index is 4.42. The molecule has 0 aromatic heterocycles. The van der Waals surface area contributed by atoms with Crippen LogP contribution in [0.1, 0.15) is 12.8 Å². The summed E-state index contributed by atoms with van der Waals surface area (Å²) in [6.45, 7) is 4.22. The minimum Gasteiger partial charge on any atom is -0.354 e. The Morgan fingerprint density at radius 3 is 2.69 bits per heavy atom. The van der Waals surface area contributed by atoms with Crippen molar-refractivity contribution >= 4 is 5.96 Å². The first kappa shape index (κ1) is 8.81. The van der Waals surface area contributed by atoms with Gasteiger partial charge in [-0.1, -0.05) is 0 Å². The van der Waals surface area contributed by atoms with E-state index in [9.17, 15) is 0 Å². The molecule has 74 valence electrons. The molecule has 0 bridgehead atoms. The topological polar surface area (TPSA) is 39.7 Å². The molecule has 0 unspecified atom stereocenters. The average molecular weight is 182 g/mol. The molecule has 0 atom stereocenters. The Balaban J connectivity index is 1.90. The highest BCUT2D eigenvalue weighted by Crippen LogP contribution is 2.10. The van der Waals surface area contributed by atoms with Gasteiger partial charge in [-0.3, -0.25) is 4.99 Å². The van der Waals surface area contributed by atoms with Gasteiger partial charge in [-0.05, 0) is 25.9 Å². The lowest BCUT2D eigenvalue weighted by Gasteiger charge is -2.32. The van der Waals surface area contributed by atoms with Crippen LogP contribution in [0.4, 0.5) is 0 Å². The van der Waals surface area contributed by atoms with Gasteiger partial charge in [-0.2, -0.15) is 0 Å². The summed E-state index contributed by atoms with van der Waals surface area (Å²) >= 11 is 0. The lowest BCUT2D eigenvalue weighted by atomic mass is 10.1. The van der Waals surface area contributed by atoms with Gasteiger partial charge in [0.15, 0.2) is 5.96 Å². The number of guanidine groups is 1. The highest BCUT2D eigenvalue weighted by molar-refractivity contribution is 5.81. The van der Waals surface area contributed by atoms with E-state index in [0.717, 1.165) is 32.1 Å². The highest BCUT2D eigenvalue weighted by Gasteiger charge is 2.21. The first-order valence-corrected chi connectivity index (χ1v) is 5.10. The van der Waals surface area contributed by atoms with Gasteiger partial charge in [-0.15, -0.1) is 0 Å². The van der Waals surface area contributed by atoms with E-state index in [2.05, 4.69) is 27.6 Å². The van der Waals surface area contributed by atoms with Crippen molar-refractivity contribution in [3.63, 3.8) is 0 Å². The molecule has 0 aromatic rings. The largest absolute Gasteiger partial charge is 0.354 e. The van der Waals surface area contributed by atoms with Crippen molar-refractivity contribution in [2.75, 3.05) is 33.2 Å². The van der Waals surface area contributed by atoms with Crippen LogP contribution in [0.15, 0.2) is 4.99 Å². The number of nitrogens with zero attached hydrogens (tertiary/aromatic N) is 2. The number of hydrogen-bond acceptors (Lipinski definition) is 4. The summed E-state index contributed by atoms with van der Waals surface area (Å²) in [7, 11) is 2.15. The van der Waals surface area contributed by atoms with Crippen molar-refractivity contribution in [1.29, 1.82) is 0 Å². The Hall–Kier alpha value is -0.770. The van der Waals surface area contributed by atoms with Gasteiger partial charge in [0.2, 0.25) is 0 Å². The highest BCUT2D eigenvalue weighted by atomic mass is 15.3. The molecule has 13 heavy (non-hydrogen) atoms. The van der Waals surface area contributed by atoms with Crippen LogP contribution in [0.25, 0.3) is 0 Å². The Kier molecular flexibility index (Phi) is 2.68. The zero-order valence-corrected chi connectivity index (χ0v) is 8.21. The Morgan fingerprint density at radius 1 is 1.31 bits per heavy atom. The minimum atomic E-state index is 0.672. The number of rotatable bonds is 1. The monoisotopic (exact) mass is 182 g/mol. The van der Waals surface area contributed by atoms with Crippen LogP contribution in [-0.4, -0.2) is 50.1 Å². The van der Waals surface area contributed by atoms with Crippen molar-refractivity contribution in [1.82, 2.24) is 15.5 Å². The standard InChI is InChI=1S/C9H18N4/c1-13(9-11-6-7-12-9)8-2-4-10-5-3-8/h8,10H,2-7H2,1H3,(H,11,12). The average Bonchev–Trinajstić information content (AvgIpc) is 2.71. The third-order valence-corrected chi connectivity index (χ3v) is 2.85. The molecular weight excluding hydrogens is 164 g/mol. The lowest BCUT2D eigenvalue weighted by molar-refractivity contribution is 0.284. The van der Waals surface area contributed by atoms with E-state index in [4.69, 9.17) is 0 Å². The van der Waals surface area contributed by atoms with Crippen molar-refractivity contribution < 1.29 is 0 Å². The molecule has 1 saturated heterocycles. The quantitative estimate of drug-likeness (QED) is 0.581. The molecule has 0 saturated carbocycles. The molecule has 2 heterocycles. The van der Waals surface area contributed by atoms with Gasteiger partial charge in [0.05, 0.1) is 6.54 Å². The number of nitrogens with one attached hydrogen (secondary N) is 2. The number of aliphatic imine (C=N–C) groups is 1. The van der Waals surface area contributed by atoms with Crippen LogP contribution < -0.4 is 10.6 Å². The lowest BCUT2D eigenvalue weighted by Crippen LogP contribution is -2.47. The van der Waals surface area contributed by atoms with Crippen molar-refractivity contribution in [3.05, 3.63) is 0 Å². The number of hydrogen-bond donors (Lipinski definition) is 2. The SMILES string of the molecule is CN(C1=NCCN1)C1CCNCC1. The first-order chi connectivity index (χ1) is 6.38. The van der Waals surface area contributed by atoms with E-state index >= 15 is 0 Å². The fourth-order valence-electron chi connectivity index (χ4n) is 1.99. The molecule has 2 aliphatic rings. The minimum absolute atomic E-state index is 0.672. The maximum absolute atomic E-state index is 4.42. The summed E-state index contributed by atoms with van der Waals surface area (Å²) in [4.78, 5) is 6.72. The van der Waals surface area contributed by atoms with Crippen LogP contribution in [0.2, 0.25) is 0 Å². The van der Waals surface area contributed by atoms with Crippen LogP contribution in [0.5, 0.6) is 0 Å². The van der Waals surface area contributed by atoms with E-state index < -0.39 is 0 Å². The second kappa shape index (κ2) is 3.96. The van der Waals surface area contributed by atoms with Gasteiger partial charge in [-0.25, -0.2) is 0 Å². The smallest absolute Gasteiger partial charge is 0.194 e. The molecule has 2 N–H and O–H groups in total. The molecule has 0 radical (unpaired) electrons. The molecule has 0 spiro atoms. The van der Waals surface area contributed by atoms with E-state index in [0.29, 0.717) is 6.04 Å². The molecule has 2 aliphatic heterocycles. The molecule has 2 rings (SSSR count). The second-order valence-corrected chi connectivity index (χ2v) is 3.72. The van der Waals surface area contributed by atoms with E-state index in [1.165, 1.54) is 12.8 Å². The summed E-state index contributed by atoms with van der Waals surface area (Å²) in [6.07, 6.45) is 2.47.